The first-order valence-corrected chi connectivity index (χ1v) is 6.66. The van der Waals surface area contributed by atoms with Gasteiger partial charge in [-0.3, -0.25) is 0 Å². The zero-order chi connectivity index (χ0) is 12.5. The fourth-order valence-corrected chi connectivity index (χ4v) is 1.85. The number of methoxy groups -OCH3 is 1. The molecule has 0 heterocycles. The van der Waals surface area contributed by atoms with Gasteiger partial charge in [0.25, 0.3) is 0 Å². The molecule has 96 valence electrons. The van der Waals surface area contributed by atoms with Gasteiger partial charge in [0.1, 0.15) is 5.75 Å². The maximum absolute atomic E-state index is 5.67. The van der Waals surface area contributed by atoms with E-state index in [9.17, 15) is 0 Å². The van der Waals surface area contributed by atoms with Gasteiger partial charge in [-0.15, -0.1) is 0 Å². The molecule has 1 aromatic rings. The number of nitrogens with one attached hydrogen (secondary N) is 1. The minimum absolute atomic E-state index is 0.362. The molecule has 1 N–H and O–H groups in total. The Balaban J connectivity index is 2.27. The van der Waals surface area contributed by atoms with Crippen LogP contribution >= 0.6 is 15.9 Å². The molecule has 17 heavy (non-hydrogen) atoms. The molecular weight excluding hydrogens is 282 g/mol. The van der Waals surface area contributed by atoms with E-state index in [2.05, 4.69) is 28.2 Å². The molecule has 0 aromatic heterocycles. The molecule has 1 aromatic carbocycles. The first-order chi connectivity index (χ1) is 8.26. The van der Waals surface area contributed by atoms with E-state index in [1.54, 1.807) is 7.11 Å². The Bertz CT molecular complexity index is 297. The Morgan fingerprint density at radius 3 is 2.59 bits per heavy atom. The maximum atomic E-state index is 5.67. The van der Waals surface area contributed by atoms with E-state index < -0.39 is 0 Å². The fourth-order valence-electron chi connectivity index (χ4n) is 1.58. The van der Waals surface area contributed by atoms with Gasteiger partial charge in [-0.2, -0.15) is 0 Å². The summed E-state index contributed by atoms with van der Waals surface area (Å²) in [6.45, 7) is 4.46. The van der Waals surface area contributed by atoms with Crippen molar-refractivity contribution >= 4 is 15.9 Å². The molecule has 0 aliphatic heterocycles. The summed E-state index contributed by atoms with van der Waals surface area (Å²) >= 11 is 3.40. The number of benzene rings is 1. The van der Waals surface area contributed by atoms with E-state index >= 15 is 0 Å². The van der Waals surface area contributed by atoms with Gasteiger partial charge in [-0.05, 0) is 37.2 Å². The molecule has 0 fully saturated rings. The van der Waals surface area contributed by atoms with Crippen LogP contribution < -0.4 is 10.1 Å². The standard InChI is InChI=1S/C13H20BrNO2/c1-3-15-12(10-16-2)8-9-17-13-6-4-11(14)5-7-13/h4-7,12,15H,3,8-10H2,1-2H3. The van der Waals surface area contributed by atoms with Crippen molar-refractivity contribution in [1.29, 1.82) is 0 Å². The summed E-state index contributed by atoms with van der Waals surface area (Å²) in [5, 5.41) is 3.37. The SMILES string of the molecule is CCNC(CCOc1ccc(Br)cc1)COC. The van der Waals surface area contributed by atoms with Gasteiger partial charge < -0.3 is 14.8 Å². The molecule has 1 unspecified atom stereocenters. The second-order valence-electron chi connectivity index (χ2n) is 3.80. The number of hydrogen-bond donors (Lipinski definition) is 1. The lowest BCUT2D eigenvalue weighted by molar-refractivity contribution is 0.153. The predicted molar refractivity (Wildman–Crippen MR) is 73.6 cm³/mol. The summed E-state index contributed by atoms with van der Waals surface area (Å²) in [5.41, 5.74) is 0. The van der Waals surface area contributed by atoms with Crippen molar-refractivity contribution in [3.8, 4) is 5.75 Å². The van der Waals surface area contributed by atoms with Crippen LogP contribution in [0.2, 0.25) is 0 Å². The van der Waals surface area contributed by atoms with E-state index in [-0.39, 0.29) is 0 Å². The number of ether oxygens (including phenoxy) is 2. The molecular formula is C13H20BrNO2. The smallest absolute Gasteiger partial charge is 0.119 e. The van der Waals surface area contributed by atoms with Crippen molar-refractivity contribution in [3.63, 3.8) is 0 Å². The summed E-state index contributed by atoms with van der Waals surface area (Å²) in [7, 11) is 1.72. The Morgan fingerprint density at radius 1 is 1.29 bits per heavy atom. The quantitative estimate of drug-likeness (QED) is 0.801. The number of rotatable bonds is 8. The van der Waals surface area contributed by atoms with Crippen LogP contribution in [0, 0.1) is 0 Å². The number of hydrogen-bond acceptors (Lipinski definition) is 3. The second-order valence-corrected chi connectivity index (χ2v) is 4.72. The topological polar surface area (TPSA) is 30.5 Å². The van der Waals surface area contributed by atoms with Gasteiger partial charge in [-0.1, -0.05) is 22.9 Å². The van der Waals surface area contributed by atoms with Crippen LogP contribution in [-0.2, 0) is 4.74 Å². The highest BCUT2D eigenvalue weighted by Crippen LogP contribution is 2.16. The number of likely N-dealkylation sites (N-methyl/N-ethyl adjacent to an activating group) is 1. The van der Waals surface area contributed by atoms with Gasteiger partial charge in [0, 0.05) is 17.6 Å². The van der Waals surface area contributed by atoms with Crippen molar-refractivity contribution in [1.82, 2.24) is 5.32 Å². The van der Waals surface area contributed by atoms with Crippen LogP contribution in [0.1, 0.15) is 13.3 Å². The fraction of sp³-hybridized carbons (Fsp3) is 0.538. The van der Waals surface area contributed by atoms with Crippen molar-refractivity contribution in [2.75, 3.05) is 26.9 Å². The molecule has 0 spiro atoms. The summed E-state index contributed by atoms with van der Waals surface area (Å²) in [4.78, 5) is 0. The summed E-state index contributed by atoms with van der Waals surface area (Å²) < 4.78 is 11.9. The molecule has 0 radical (unpaired) electrons. The Morgan fingerprint density at radius 2 is 2.00 bits per heavy atom. The van der Waals surface area contributed by atoms with E-state index in [0.29, 0.717) is 12.6 Å². The van der Waals surface area contributed by atoms with Crippen LogP contribution in [-0.4, -0.2) is 32.9 Å². The highest BCUT2D eigenvalue weighted by Gasteiger charge is 2.06. The third kappa shape index (κ3) is 6.05. The second kappa shape index (κ2) is 8.50. The van der Waals surface area contributed by atoms with Crippen molar-refractivity contribution < 1.29 is 9.47 Å². The van der Waals surface area contributed by atoms with Gasteiger partial charge in [0.05, 0.1) is 13.2 Å². The lowest BCUT2D eigenvalue weighted by Crippen LogP contribution is -2.34. The normalized spacial score (nSPS) is 12.4. The molecule has 0 saturated heterocycles. The maximum Gasteiger partial charge on any atom is 0.119 e. The first kappa shape index (κ1) is 14.5. The summed E-state index contributed by atoms with van der Waals surface area (Å²) in [6.07, 6.45) is 0.942. The van der Waals surface area contributed by atoms with Crippen LogP contribution in [0.4, 0.5) is 0 Å². The van der Waals surface area contributed by atoms with E-state index in [1.165, 1.54) is 0 Å². The van der Waals surface area contributed by atoms with Gasteiger partial charge in [-0.25, -0.2) is 0 Å². The highest BCUT2D eigenvalue weighted by molar-refractivity contribution is 9.10. The van der Waals surface area contributed by atoms with E-state index in [0.717, 1.165) is 29.8 Å². The lowest BCUT2D eigenvalue weighted by atomic mass is 10.2. The molecule has 3 nitrogen and oxygen atoms in total. The van der Waals surface area contributed by atoms with E-state index in [4.69, 9.17) is 9.47 Å². The van der Waals surface area contributed by atoms with Gasteiger partial charge in [0.2, 0.25) is 0 Å². The lowest BCUT2D eigenvalue weighted by Gasteiger charge is -2.17. The molecule has 1 rings (SSSR count). The largest absolute Gasteiger partial charge is 0.494 e. The van der Waals surface area contributed by atoms with E-state index in [1.807, 2.05) is 24.3 Å². The third-order valence-corrected chi connectivity index (χ3v) is 2.94. The minimum atomic E-state index is 0.362. The van der Waals surface area contributed by atoms with Crippen LogP contribution in [0.15, 0.2) is 28.7 Å². The van der Waals surface area contributed by atoms with Crippen LogP contribution in [0.5, 0.6) is 5.75 Å². The van der Waals surface area contributed by atoms with Gasteiger partial charge in [0.15, 0.2) is 0 Å². The van der Waals surface area contributed by atoms with Crippen LogP contribution in [0.3, 0.4) is 0 Å². The van der Waals surface area contributed by atoms with Crippen molar-refractivity contribution in [2.45, 2.75) is 19.4 Å². The molecule has 0 aliphatic carbocycles. The molecule has 1 atom stereocenters. The zero-order valence-corrected chi connectivity index (χ0v) is 12.0. The third-order valence-electron chi connectivity index (χ3n) is 2.41. The van der Waals surface area contributed by atoms with Gasteiger partial charge >= 0.3 is 0 Å². The first-order valence-electron chi connectivity index (χ1n) is 5.87. The van der Waals surface area contributed by atoms with Crippen molar-refractivity contribution in [2.24, 2.45) is 0 Å². The monoisotopic (exact) mass is 301 g/mol. The highest BCUT2D eigenvalue weighted by atomic mass is 79.9. The minimum Gasteiger partial charge on any atom is -0.494 e. The molecule has 0 amide bonds. The average Bonchev–Trinajstić information content (AvgIpc) is 2.32. The molecule has 0 saturated carbocycles. The Kier molecular flexibility index (Phi) is 7.24. The molecule has 0 bridgehead atoms. The van der Waals surface area contributed by atoms with Crippen LogP contribution in [0.25, 0.3) is 0 Å². The number of halogens is 1. The summed E-state index contributed by atoms with van der Waals surface area (Å²) in [5.74, 6) is 0.904. The Hall–Kier alpha value is -0.580. The molecule has 4 heteroatoms. The van der Waals surface area contributed by atoms with Crippen molar-refractivity contribution in [3.05, 3.63) is 28.7 Å². The summed E-state index contributed by atoms with van der Waals surface area (Å²) in [6, 6.07) is 8.24. The Labute approximate surface area is 112 Å². The predicted octanol–water partition coefficient (Wildman–Crippen LogP) is 2.84. The zero-order valence-electron chi connectivity index (χ0n) is 10.4. The average molecular weight is 302 g/mol. The molecule has 0 aliphatic rings.